The second-order valence-corrected chi connectivity index (χ2v) is 12.4. The zero-order chi connectivity index (χ0) is 30.4. The van der Waals surface area contributed by atoms with E-state index in [0.717, 1.165) is 55.9 Å². The van der Waals surface area contributed by atoms with Crippen LogP contribution >= 0.6 is 11.6 Å². The van der Waals surface area contributed by atoms with Gasteiger partial charge in [-0.2, -0.15) is 0 Å². The number of hydrogen-bond acceptors (Lipinski definition) is 7. The molecule has 2 fully saturated rings. The molecule has 2 saturated heterocycles. The number of para-hydroxylation sites is 1. The van der Waals surface area contributed by atoms with E-state index in [4.69, 9.17) is 30.5 Å². The van der Waals surface area contributed by atoms with Crippen molar-refractivity contribution in [3.8, 4) is 11.5 Å². The second kappa shape index (κ2) is 11.7. The summed E-state index contributed by atoms with van der Waals surface area (Å²) >= 11 is 6.03. The van der Waals surface area contributed by atoms with Crippen LogP contribution in [0.4, 0.5) is 10.1 Å². The Bertz CT molecular complexity index is 1600. The zero-order valence-electron chi connectivity index (χ0n) is 24.4. The molecule has 0 saturated carbocycles. The predicted molar refractivity (Wildman–Crippen MR) is 163 cm³/mol. The van der Waals surface area contributed by atoms with Crippen LogP contribution in [-0.4, -0.2) is 54.9 Å². The van der Waals surface area contributed by atoms with Crippen LogP contribution in [0, 0.1) is 11.7 Å². The predicted octanol–water partition coefficient (Wildman–Crippen LogP) is 6.74. The lowest BCUT2D eigenvalue weighted by molar-refractivity contribution is -0.243. The molecule has 8 nitrogen and oxygen atoms in total. The van der Waals surface area contributed by atoms with Gasteiger partial charge in [-0.1, -0.05) is 29.8 Å². The van der Waals surface area contributed by atoms with Crippen LogP contribution in [-0.2, 0) is 15.3 Å². The van der Waals surface area contributed by atoms with Crippen molar-refractivity contribution in [3.05, 3.63) is 100 Å². The smallest absolute Gasteiger partial charge is 0.335 e. The average Bonchev–Trinajstić information content (AvgIpc) is 2.99. The van der Waals surface area contributed by atoms with E-state index in [9.17, 15) is 9.90 Å². The van der Waals surface area contributed by atoms with Crippen molar-refractivity contribution in [3.63, 3.8) is 0 Å². The van der Waals surface area contributed by atoms with E-state index in [1.807, 2.05) is 24.3 Å². The molecular formula is C34H34ClFN2O6. The van der Waals surface area contributed by atoms with Gasteiger partial charge in [0.25, 0.3) is 0 Å². The summed E-state index contributed by atoms with van der Waals surface area (Å²) in [6, 6.07) is 17.3. The molecule has 10 heteroatoms. The summed E-state index contributed by atoms with van der Waals surface area (Å²) in [5, 5.41) is 9.92. The monoisotopic (exact) mass is 620 g/mol. The van der Waals surface area contributed by atoms with E-state index in [1.54, 1.807) is 43.5 Å². The number of carboxylic acid groups (broad SMARTS) is 1. The molecule has 4 heterocycles. The number of benzene rings is 3. The highest BCUT2D eigenvalue weighted by molar-refractivity contribution is 6.30. The summed E-state index contributed by atoms with van der Waals surface area (Å²) < 4.78 is 39.7. The van der Waals surface area contributed by atoms with E-state index in [1.165, 1.54) is 6.07 Å². The SMILES string of the molecule is CC1(c2ccc(Cl)cc2F)Oc2ccccc2C(C2CCN(CC3=COc4ccc(C(=O)O)cc4N3C[C@@H]3CCO3)CC2)O1. The molecule has 0 aromatic heterocycles. The van der Waals surface area contributed by atoms with Crippen molar-refractivity contribution in [1.29, 1.82) is 0 Å². The third-order valence-electron chi connectivity index (χ3n) is 9.09. The van der Waals surface area contributed by atoms with Crippen LogP contribution in [0.1, 0.15) is 53.8 Å². The van der Waals surface area contributed by atoms with Gasteiger partial charge in [-0.15, -0.1) is 0 Å². The Morgan fingerprint density at radius 2 is 1.86 bits per heavy atom. The van der Waals surface area contributed by atoms with Crippen molar-refractivity contribution in [2.24, 2.45) is 5.92 Å². The Balaban J connectivity index is 1.08. The molecule has 3 aromatic carbocycles. The average molecular weight is 621 g/mol. The maximum atomic E-state index is 15.1. The molecule has 2 unspecified atom stereocenters. The fourth-order valence-corrected chi connectivity index (χ4v) is 6.76. The first-order chi connectivity index (χ1) is 21.3. The molecule has 3 aromatic rings. The summed E-state index contributed by atoms with van der Waals surface area (Å²) in [6.07, 6.45) is 4.31. The van der Waals surface area contributed by atoms with Crippen LogP contribution in [0.3, 0.4) is 0 Å². The number of anilines is 1. The van der Waals surface area contributed by atoms with Crippen LogP contribution in [0.5, 0.6) is 11.5 Å². The van der Waals surface area contributed by atoms with Crippen molar-refractivity contribution >= 4 is 23.3 Å². The quantitative estimate of drug-likeness (QED) is 0.311. The third kappa shape index (κ3) is 5.54. The summed E-state index contributed by atoms with van der Waals surface area (Å²) in [5.41, 5.74) is 3.21. The number of carboxylic acids is 1. The van der Waals surface area contributed by atoms with Gasteiger partial charge < -0.3 is 29.0 Å². The molecule has 3 atom stereocenters. The summed E-state index contributed by atoms with van der Waals surface area (Å²) in [7, 11) is 0. The maximum Gasteiger partial charge on any atom is 0.335 e. The molecule has 0 radical (unpaired) electrons. The van der Waals surface area contributed by atoms with Crippen molar-refractivity contribution in [2.45, 2.75) is 44.2 Å². The number of piperidine rings is 1. The Labute approximate surface area is 260 Å². The zero-order valence-corrected chi connectivity index (χ0v) is 25.1. The lowest BCUT2D eigenvalue weighted by Gasteiger charge is -2.45. The normalized spacial score (nSPS) is 25.2. The Morgan fingerprint density at radius 1 is 1.07 bits per heavy atom. The van der Waals surface area contributed by atoms with E-state index >= 15 is 4.39 Å². The molecule has 0 bridgehead atoms. The lowest BCUT2D eigenvalue weighted by Crippen LogP contribution is -2.46. The van der Waals surface area contributed by atoms with Gasteiger partial charge in [0, 0.05) is 37.2 Å². The molecule has 4 aliphatic heterocycles. The molecule has 7 rings (SSSR count). The summed E-state index contributed by atoms with van der Waals surface area (Å²) in [6.45, 7) is 5.44. The minimum Gasteiger partial charge on any atom is -0.478 e. The first kappa shape index (κ1) is 29.1. The summed E-state index contributed by atoms with van der Waals surface area (Å²) in [5.74, 6) is -1.22. The maximum absolute atomic E-state index is 15.1. The first-order valence-corrected chi connectivity index (χ1v) is 15.4. The Kier molecular flexibility index (Phi) is 7.74. The number of nitrogens with zero attached hydrogens (tertiary/aromatic N) is 2. The Morgan fingerprint density at radius 3 is 2.59 bits per heavy atom. The largest absolute Gasteiger partial charge is 0.478 e. The number of halogens is 2. The first-order valence-electron chi connectivity index (χ1n) is 15.0. The van der Waals surface area contributed by atoms with Crippen LogP contribution in [0.15, 0.2) is 72.6 Å². The van der Waals surface area contributed by atoms with Gasteiger partial charge in [-0.25, -0.2) is 9.18 Å². The number of fused-ring (bicyclic) bond motifs is 2. The molecule has 1 N–H and O–H groups in total. The summed E-state index contributed by atoms with van der Waals surface area (Å²) in [4.78, 5) is 16.3. The van der Waals surface area contributed by atoms with Crippen molar-refractivity contribution < 1.29 is 33.2 Å². The fourth-order valence-electron chi connectivity index (χ4n) is 6.60. The molecule has 230 valence electrons. The van der Waals surface area contributed by atoms with Crippen molar-refractivity contribution in [2.75, 3.05) is 37.7 Å². The van der Waals surface area contributed by atoms with Gasteiger partial charge in [0.2, 0.25) is 5.79 Å². The Hall–Kier alpha value is -3.63. The minimum atomic E-state index is -1.30. The number of hydrogen-bond donors (Lipinski definition) is 1. The molecule has 4 aliphatic rings. The van der Waals surface area contributed by atoms with Crippen molar-refractivity contribution in [1.82, 2.24) is 4.90 Å². The van der Waals surface area contributed by atoms with Gasteiger partial charge in [0.15, 0.2) is 0 Å². The molecule has 0 spiro atoms. The number of rotatable bonds is 7. The van der Waals surface area contributed by atoms with Crippen LogP contribution < -0.4 is 14.4 Å². The molecule has 0 amide bonds. The van der Waals surface area contributed by atoms with Crippen LogP contribution in [0.25, 0.3) is 0 Å². The van der Waals surface area contributed by atoms with Gasteiger partial charge in [0.1, 0.15) is 23.6 Å². The lowest BCUT2D eigenvalue weighted by atomic mass is 9.85. The van der Waals surface area contributed by atoms with E-state index in [-0.39, 0.29) is 23.7 Å². The van der Waals surface area contributed by atoms with Gasteiger partial charge >= 0.3 is 5.97 Å². The fraction of sp³-hybridized carbons (Fsp3) is 0.382. The molecule has 0 aliphatic carbocycles. The minimum absolute atomic E-state index is 0.0918. The third-order valence-corrected chi connectivity index (χ3v) is 9.33. The van der Waals surface area contributed by atoms with E-state index in [0.29, 0.717) is 35.2 Å². The number of likely N-dealkylation sites (tertiary alicyclic amines) is 1. The number of ether oxygens (including phenoxy) is 4. The van der Waals surface area contributed by atoms with Gasteiger partial charge in [-0.3, -0.25) is 4.90 Å². The highest BCUT2D eigenvalue weighted by Crippen LogP contribution is 2.49. The second-order valence-electron chi connectivity index (χ2n) is 12.0. The topological polar surface area (TPSA) is 80.7 Å². The van der Waals surface area contributed by atoms with E-state index < -0.39 is 17.6 Å². The molecular weight excluding hydrogens is 587 g/mol. The highest BCUT2D eigenvalue weighted by atomic mass is 35.5. The van der Waals surface area contributed by atoms with Gasteiger partial charge in [-0.05, 0) is 80.7 Å². The number of aromatic carboxylic acids is 1. The highest BCUT2D eigenvalue weighted by Gasteiger charge is 2.44. The van der Waals surface area contributed by atoms with E-state index in [2.05, 4.69) is 9.80 Å². The molecule has 44 heavy (non-hydrogen) atoms. The number of carbonyl (C=O) groups is 1. The van der Waals surface area contributed by atoms with Gasteiger partial charge in [0.05, 0.1) is 34.7 Å². The standard InChI is InChI=1S/C34H34ClFN2O6/c1-34(27-8-7-23(35)17-28(27)36)43-30-5-3-2-4-26(30)32(44-34)21-10-13-37(14-11-21)18-24-20-42-31-9-6-22(33(39)40)16-29(31)38(24)19-25-12-15-41-25/h2-9,16-17,20-21,25,32H,10-15,18-19H2,1H3,(H,39,40)/t25-,32?,34?/m0/s1. The van der Waals surface area contributed by atoms with Crippen LogP contribution in [0.2, 0.25) is 5.02 Å².